The Morgan fingerprint density at radius 1 is 1.08 bits per heavy atom. The Balaban J connectivity index is 1.67. The van der Waals surface area contributed by atoms with E-state index in [4.69, 9.17) is 48.7 Å². The SMILES string of the molecule is COC(=O)C1=C(C)N=c2s/c(=C\c3ccc(-c4ccc(Cl)c(Cl)c4)o3)c(=O)n2[C@H]1c1cc(Cl)ccc1OC. The Morgan fingerprint density at radius 2 is 1.87 bits per heavy atom. The van der Waals surface area contributed by atoms with Crippen LogP contribution in [0.1, 0.15) is 24.3 Å². The number of nitrogens with zero attached hydrogens (tertiary/aromatic N) is 2. The standard InChI is InChI=1S/C27H19Cl3N2O5S/c1-13-23(26(34)36-3)24(17-11-15(28)5-8-21(17)35-2)32-25(33)22(38-27(32)31-13)12-16-6-9-20(37-16)14-4-7-18(29)19(30)10-14/h4-12,24H,1-3H3/b22-12-/t24-/m0/s1. The molecule has 0 fully saturated rings. The minimum Gasteiger partial charge on any atom is -0.496 e. The average molecular weight is 590 g/mol. The third kappa shape index (κ3) is 4.69. The molecular weight excluding hydrogens is 571 g/mol. The number of fused-ring (bicyclic) bond motifs is 1. The van der Waals surface area contributed by atoms with Gasteiger partial charge in [-0.3, -0.25) is 9.36 Å². The van der Waals surface area contributed by atoms with Gasteiger partial charge in [-0.1, -0.05) is 46.1 Å². The number of aromatic nitrogens is 1. The number of hydrogen-bond donors (Lipinski definition) is 0. The molecular formula is C27H19Cl3N2O5S. The van der Waals surface area contributed by atoms with E-state index < -0.39 is 12.0 Å². The molecule has 0 unspecified atom stereocenters. The van der Waals surface area contributed by atoms with Gasteiger partial charge < -0.3 is 13.9 Å². The molecule has 0 N–H and O–H groups in total. The van der Waals surface area contributed by atoms with Crippen LogP contribution in [-0.2, 0) is 9.53 Å². The van der Waals surface area contributed by atoms with Crippen molar-refractivity contribution in [1.82, 2.24) is 4.57 Å². The number of furan rings is 1. The average Bonchev–Trinajstić information content (AvgIpc) is 3.48. The number of halogens is 3. The zero-order valence-electron chi connectivity index (χ0n) is 20.3. The first-order valence-electron chi connectivity index (χ1n) is 11.2. The fourth-order valence-electron chi connectivity index (χ4n) is 4.27. The highest BCUT2D eigenvalue weighted by molar-refractivity contribution is 7.07. The van der Waals surface area contributed by atoms with Crippen LogP contribution in [0.15, 0.2) is 74.0 Å². The van der Waals surface area contributed by atoms with Gasteiger partial charge in [0.05, 0.1) is 40.1 Å². The second-order valence-electron chi connectivity index (χ2n) is 8.29. The van der Waals surface area contributed by atoms with Crippen molar-refractivity contribution in [1.29, 1.82) is 0 Å². The molecule has 1 aliphatic rings. The Hall–Kier alpha value is -3.30. The van der Waals surface area contributed by atoms with Crippen molar-refractivity contribution in [2.24, 2.45) is 4.99 Å². The van der Waals surface area contributed by atoms with Gasteiger partial charge in [-0.25, -0.2) is 9.79 Å². The van der Waals surface area contributed by atoms with Crippen molar-refractivity contribution in [3.8, 4) is 17.1 Å². The van der Waals surface area contributed by atoms with E-state index in [-0.39, 0.29) is 11.1 Å². The van der Waals surface area contributed by atoms with E-state index in [1.54, 1.807) is 61.5 Å². The number of carbonyl (C=O) groups is 1. The summed E-state index contributed by atoms with van der Waals surface area (Å²) < 4.78 is 18.4. The predicted octanol–water partition coefficient (Wildman–Crippen LogP) is 5.64. The van der Waals surface area contributed by atoms with Crippen molar-refractivity contribution in [3.05, 3.63) is 106 Å². The number of methoxy groups -OCH3 is 2. The zero-order chi connectivity index (χ0) is 27.1. The van der Waals surface area contributed by atoms with Gasteiger partial charge in [0.25, 0.3) is 5.56 Å². The summed E-state index contributed by atoms with van der Waals surface area (Å²) in [6, 6.07) is 12.9. The lowest BCUT2D eigenvalue weighted by molar-refractivity contribution is -0.136. The van der Waals surface area contributed by atoms with Crippen molar-refractivity contribution in [3.63, 3.8) is 0 Å². The summed E-state index contributed by atoms with van der Waals surface area (Å²) in [6.45, 7) is 1.70. The molecule has 0 saturated carbocycles. The molecule has 0 saturated heterocycles. The molecule has 3 heterocycles. The summed E-state index contributed by atoms with van der Waals surface area (Å²) in [6.07, 6.45) is 1.63. The minimum atomic E-state index is -0.863. The van der Waals surface area contributed by atoms with Crippen LogP contribution in [0.3, 0.4) is 0 Å². The van der Waals surface area contributed by atoms with Gasteiger partial charge in [0.2, 0.25) is 0 Å². The first-order chi connectivity index (χ1) is 18.2. The summed E-state index contributed by atoms with van der Waals surface area (Å²) >= 11 is 19.7. The fraction of sp³-hybridized carbons (Fsp3) is 0.148. The Morgan fingerprint density at radius 3 is 2.58 bits per heavy atom. The third-order valence-electron chi connectivity index (χ3n) is 6.02. The molecule has 11 heteroatoms. The minimum absolute atomic E-state index is 0.215. The summed E-state index contributed by atoms with van der Waals surface area (Å²) in [5.41, 5.74) is 1.56. The zero-order valence-corrected chi connectivity index (χ0v) is 23.3. The Bertz CT molecular complexity index is 1800. The highest BCUT2D eigenvalue weighted by Gasteiger charge is 2.35. The molecule has 38 heavy (non-hydrogen) atoms. The van der Waals surface area contributed by atoms with E-state index in [1.807, 2.05) is 0 Å². The highest BCUT2D eigenvalue weighted by atomic mass is 35.5. The van der Waals surface area contributed by atoms with Crippen LogP contribution >= 0.6 is 46.1 Å². The molecule has 0 aliphatic carbocycles. The number of benzene rings is 2. The first kappa shape index (κ1) is 26.3. The monoisotopic (exact) mass is 588 g/mol. The number of hydrogen-bond acceptors (Lipinski definition) is 7. The highest BCUT2D eigenvalue weighted by Crippen LogP contribution is 2.37. The largest absolute Gasteiger partial charge is 0.496 e. The van der Waals surface area contributed by atoms with Crippen molar-refractivity contribution < 1.29 is 18.7 Å². The lowest BCUT2D eigenvalue weighted by Gasteiger charge is -2.25. The van der Waals surface area contributed by atoms with Gasteiger partial charge in [0.1, 0.15) is 23.3 Å². The van der Waals surface area contributed by atoms with Crippen LogP contribution in [0.5, 0.6) is 5.75 Å². The Labute approximate surface area is 235 Å². The van der Waals surface area contributed by atoms with Gasteiger partial charge in [-0.2, -0.15) is 0 Å². The van der Waals surface area contributed by atoms with Gasteiger partial charge >= 0.3 is 5.97 Å². The second-order valence-corrected chi connectivity index (χ2v) is 10.6. The molecule has 0 bridgehead atoms. The maximum atomic E-state index is 13.8. The normalized spacial score (nSPS) is 15.3. The van der Waals surface area contributed by atoms with Crippen LogP contribution in [0.4, 0.5) is 0 Å². The van der Waals surface area contributed by atoms with E-state index in [0.29, 0.717) is 52.9 Å². The molecule has 0 radical (unpaired) electrons. The van der Waals surface area contributed by atoms with E-state index in [9.17, 15) is 9.59 Å². The van der Waals surface area contributed by atoms with Gasteiger partial charge in [-0.05, 0) is 55.5 Å². The fourth-order valence-corrected chi connectivity index (χ4v) is 5.78. The molecule has 2 aromatic carbocycles. The maximum Gasteiger partial charge on any atom is 0.338 e. The van der Waals surface area contributed by atoms with E-state index in [0.717, 1.165) is 5.56 Å². The number of carbonyl (C=O) groups excluding carboxylic acids is 1. The number of ether oxygens (including phenoxy) is 2. The van der Waals surface area contributed by atoms with Crippen LogP contribution in [0.25, 0.3) is 17.4 Å². The Kier molecular flexibility index (Phi) is 7.24. The van der Waals surface area contributed by atoms with Gasteiger partial charge in [0, 0.05) is 22.2 Å². The quantitative estimate of drug-likeness (QED) is 0.282. The topological polar surface area (TPSA) is 83.0 Å². The van der Waals surface area contributed by atoms with Crippen molar-refractivity contribution in [2.75, 3.05) is 14.2 Å². The molecule has 4 aromatic rings. The van der Waals surface area contributed by atoms with Crippen LogP contribution in [0.2, 0.25) is 15.1 Å². The number of esters is 1. The smallest absolute Gasteiger partial charge is 0.338 e. The number of thiazole rings is 1. The molecule has 0 spiro atoms. The van der Waals surface area contributed by atoms with Crippen molar-refractivity contribution >= 4 is 58.2 Å². The van der Waals surface area contributed by atoms with Crippen LogP contribution < -0.4 is 19.6 Å². The van der Waals surface area contributed by atoms with Crippen LogP contribution in [0, 0.1) is 0 Å². The van der Waals surface area contributed by atoms with Gasteiger partial charge in [0.15, 0.2) is 4.80 Å². The molecule has 0 amide bonds. The van der Waals surface area contributed by atoms with E-state index >= 15 is 0 Å². The molecule has 7 nitrogen and oxygen atoms in total. The van der Waals surface area contributed by atoms with Gasteiger partial charge in [-0.15, -0.1) is 0 Å². The molecule has 194 valence electrons. The summed E-state index contributed by atoms with van der Waals surface area (Å²) in [5.74, 6) is 0.873. The summed E-state index contributed by atoms with van der Waals surface area (Å²) in [5, 5.41) is 1.27. The number of allylic oxidation sites excluding steroid dienone is 1. The first-order valence-corrected chi connectivity index (χ1v) is 13.2. The van der Waals surface area contributed by atoms with E-state index in [2.05, 4.69) is 4.99 Å². The molecule has 1 aliphatic heterocycles. The second kappa shape index (κ2) is 10.5. The van der Waals surface area contributed by atoms with E-state index in [1.165, 1.54) is 30.1 Å². The number of rotatable bonds is 5. The van der Waals surface area contributed by atoms with Crippen LogP contribution in [-0.4, -0.2) is 24.8 Å². The third-order valence-corrected chi connectivity index (χ3v) is 7.97. The molecule has 2 aromatic heterocycles. The summed E-state index contributed by atoms with van der Waals surface area (Å²) in [4.78, 5) is 31.6. The lowest BCUT2D eigenvalue weighted by atomic mass is 9.95. The summed E-state index contributed by atoms with van der Waals surface area (Å²) in [7, 11) is 2.79. The van der Waals surface area contributed by atoms with Crippen molar-refractivity contribution in [2.45, 2.75) is 13.0 Å². The molecule has 5 rings (SSSR count). The molecule has 1 atom stereocenters. The maximum absolute atomic E-state index is 13.8. The lowest BCUT2D eigenvalue weighted by Crippen LogP contribution is -2.40. The predicted molar refractivity (Wildman–Crippen MR) is 148 cm³/mol.